The van der Waals surface area contributed by atoms with E-state index in [2.05, 4.69) is 10.1 Å². The Morgan fingerprint density at radius 2 is 1.93 bits per heavy atom. The summed E-state index contributed by atoms with van der Waals surface area (Å²) in [6.07, 6.45) is 0. The Bertz CT molecular complexity index is 1000. The van der Waals surface area contributed by atoms with Crippen molar-refractivity contribution in [1.82, 2.24) is 19.7 Å². The van der Waals surface area contributed by atoms with Gasteiger partial charge < -0.3 is 9.64 Å². The monoisotopic (exact) mass is 398 g/mol. The molecule has 3 rings (SSSR count). The standard InChI is InChI=1S/C21H23ClN4O2/c1-14-7-5-6-8-18(14)28-12-11-25(4)21(27)20-17(22)9-10-19(23-20)26-16(3)13-15(2)24-26/h5-10,13H,11-12H2,1-4H3. The average Bonchev–Trinajstić information content (AvgIpc) is 3.01. The maximum Gasteiger partial charge on any atom is 0.273 e. The van der Waals surface area contributed by atoms with Crippen molar-refractivity contribution in [3.8, 4) is 11.6 Å². The van der Waals surface area contributed by atoms with Crippen LogP contribution in [0, 0.1) is 20.8 Å². The van der Waals surface area contributed by atoms with Crippen molar-refractivity contribution in [2.24, 2.45) is 0 Å². The molecule has 1 aromatic carbocycles. The van der Waals surface area contributed by atoms with Crippen LogP contribution in [0.3, 0.4) is 0 Å². The highest BCUT2D eigenvalue weighted by Crippen LogP contribution is 2.19. The molecule has 0 radical (unpaired) electrons. The molecule has 146 valence electrons. The van der Waals surface area contributed by atoms with E-state index in [0.717, 1.165) is 22.7 Å². The fourth-order valence-corrected chi connectivity index (χ4v) is 3.04. The second-order valence-electron chi connectivity index (χ2n) is 6.68. The first kappa shape index (κ1) is 19.9. The van der Waals surface area contributed by atoms with Crippen LogP contribution < -0.4 is 4.74 Å². The minimum Gasteiger partial charge on any atom is -0.491 e. The summed E-state index contributed by atoms with van der Waals surface area (Å²) >= 11 is 6.25. The van der Waals surface area contributed by atoms with Crippen LogP contribution in [0.25, 0.3) is 5.82 Å². The van der Waals surface area contributed by atoms with E-state index in [0.29, 0.717) is 24.0 Å². The lowest BCUT2D eigenvalue weighted by atomic mass is 10.2. The number of amides is 1. The molecule has 1 amide bonds. The van der Waals surface area contributed by atoms with Gasteiger partial charge in [-0.2, -0.15) is 5.10 Å². The normalized spacial score (nSPS) is 10.8. The molecule has 7 heteroatoms. The molecule has 0 aliphatic rings. The summed E-state index contributed by atoms with van der Waals surface area (Å²) in [5, 5.41) is 4.72. The van der Waals surface area contributed by atoms with Gasteiger partial charge >= 0.3 is 0 Å². The SMILES string of the molecule is Cc1cc(C)n(-c2ccc(Cl)c(C(=O)N(C)CCOc3ccccc3C)n2)n1. The number of hydrogen-bond acceptors (Lipinski definition) is 4. The number of benzene rings is 1. The molecular formula is C21H23ClN4O2. The molecule has 0 atom stereocenters. The summed E-state index contributed by atoms with van der Waals surface area (Å²) in [5.41, 5.74) is 3.07. The predicted molar refractivity (Wildman–Crippen MR) is 109 cm³/mol. The number of carbonyl (C=O) groups is 1. The van der Waals surface area contributed by atoms with Gasteiger partial charge in [-0.25, -0.2) is 9.67 Å². The minimum absolute atomic E-state index is 0.199. The average molecular weight is 399 g/mol. The Kier molecular flexibility index (Phi) is 5.99. The largest absolute Gasteiger partial charge is 0.491 e. The van der Waals surface area contributed by atoms with Crippen LogP contribution in [0.1, 0.15) is 27.4 Å². The van der Waals surface area contributed by atoms with Crippen LogP contribution in [0.15, 0.2) is 42.5 Å². The second-order valence-corrected chi connectivity index (χ2v) is 7.09. The molecule has 0 N–H and O–H groups in total. The maximum atomic E-state index is 12.8. The fraction of sp³-hybridized carbons (Fsp3) is 0.286. The Balaban J connectivity index is 1.71. The van der Waals surface area contributed by atoms with Gasteiger partial charge in [-0.3, -0.25) is 4.79 Å². The predicted octanol–water partition coefficient (Wildman–Crippen LogP) is 4.00. The van der Waals surface area contributed by atoms with Crippen LogP contribution in [0.2, 0.25) is 5.02 Å². The molecule has 0 aliphatic heterocycles. The van der Waals surface area contributed by atoms with Gasteiger partial charge in [-0.15, -0.1) is 0 Å². The van der Waals surface area contributed by atoms with E-state index in [1.807, 2.05) is 51.1 Å². The molecule has 0 spiro atoms. The molecule has 0 unspecified atom stereocenters. The van der Waals surface area contributed by atoms with Crippen molar-refractivity contribution in [3.63, 3.8) is 0 Å². The van der Waals surface area contributed by atoms with E-state index < -0.39 is 0 Å². The summed E-state index contributed by atoms with van der Waals surface area (Å²) in [5.74, 6) is 1.11. The van der Waals surface area contributed by atoms with Crippen molar-refractivity contribution in [3.05, 3.63) is 70.1 Å². The van der Waals surface area contributed by atoms with Gasteiger partial charge in [0.1, 0.15) is 18.1 Å². The highest BCUT2D eigenvalue weighted by Gasteiger charge is 2.19. The number of para-hydroxylation sites is 1. The molecule has 2 aromatic heterocycles. The highest BCUT2D eigenvalue weighted by atomic mass is 35.5. The molecule has 2 heterocycles. The van der Waals surface area contributed by atoms with Gasteiger partial charge in [0.15, 0.2) is 5.82 Å². The second kappa shape index (κ2) is 8.44. The van der Waals surface area contributed by atoms with Gasteiger partial charge in [0.25, 0.3) is 5.91 Å². The lowest BCUT2D eigenvalue weighted by Crippen LogP contribution is -2.32. The first-order valence-electron chi connectivity index (χ1n) is 9.01. The molecule has 0 aliphatic carbocycles. The maximum absolute atomic E-state index is 12.8. The highest BCUT2D eigenvalue weighted by molar-refractivity contribution is 6.33. The first-order valence-corrected chi connectivity index (χ1v) is 9.38. The Morgan fingerprint density at radius 3 is 2.61 bits per heavy atom. The molecule has 3 aromatic rings. The van der Waals surface area contributed by atoms with E-state index >= 15 is 0 Å². The van der Waals surface area contributed by atoms with Crippen molar-refractivity contribution in [1.29, 1.82) is 0 Å². The minimum atomic E-state index is -0.262. The number of aryl methyl sites for hydroxylation is 3. The number of aromatic nitrogens is 3. The Morgan fingerprint density at radius 1 is 1.18 bits per heavy atom. The smallest absolute Gasteiger partial charge is 0.273 e. The number of carbonyl (C=O) groups excluding carboxylic acids is 1. The number of ether oxygens (including phenoxy) is 1. The lowest BCUT2D eigenvalue weighted by Gasteiger charge is -2.18. The summed E-state index contributed by atoms with van der Waals surface area (Å²) in [4.78, 5) is 18.8. The topological polar surface area (TPSA) is 60.2 Å². The van der Waals surface area contributed by atoms with Crippen LogP contribution in [-0.2, 0) is 0 Å². The molecule has 28 heavy (non-hydrogen) atoms. The lowest BCUT2D eigenvalue weighted by molar-refractivity contribution is 0.0768. The van der Waals surface area contributed by atoms with Crippen LogP contribution in [0.4, 0.5) is 0 Å². The third-order valence-electron chi connectivity index (χ3n) is 4.39. The molecule has 0 bridgehead atoms. The molecule has 0 saturated heterocycles. The third kappa shape index (κ3) is 4.34. The molecule has 0 fully saturated rings. The van der Waals surface area contributed by atoms with E-state index in [9.17, 15) is 4.79 Å². The van der Waals surface area contributed by atoms with E-state index in [-0.39, 0.29) is 11.6 Å². The number of likely N-dealkylation sites (N-methyl/N-ethyl adjacent to an activating group) is 1. The van der Waals surface area contributed by atoms with Gasteiger partial charge in [0.05, 0.1) is 17.3 Å². The van der Waals surface area contributed by atoms with Crippen molar-refractivity contribution in [2.45, 2.75) is 20.8 Å². The summed E-state index contributed by atoms with van der Waals surface area (Å²) < 4.78 is 7.47. The Hall–Kier alpha value is -2.86. The summed E-state index contributed by atoms with van der Waals surface area (Å²) in [7, 11) is 1.71. The van der Waals surface area contributed by atoms with Gasteiger partial charge in [0, 0.05) is 12.7 Å². The first-order chi connectivity index (χ1) is 13.4. The van der Waals surface area contributed by atoms with Crippen molar-refractivity contribution >= 4 is 17.5 Å². The van der Waals surface area contributed by atoms with Crippen LogP contribution >= 0.6 is 11.6 Å². The van der Waals surface area contributed by atoms with E-state index in [1.165, 1.54) is 0 Å². The van der Waals surface area contributed by atoms with Crippen LogP contribution in [-0.4, -0.2) is 45.8 Å². The third-order valence-corrected chi connectivity index (χ3v) is 4.69. The molecule has 0 saturated carbocycles. The van der Waals surface area contributed by atoms with E-state index in [1.54, 1.807) is 28.8 Å². The summed E-state index contributed by atoms with van der Waals surface area (Å²) in [6.45, 7) is 6.62. The Labute approximate surface area is 169 Å². The van der Waals surface area contributed by atoms with E-state index in [4.69, 9.17) is 16.3 Å². The fourth-order valence-electron chi connectivity index (χ4n) is 2.85. The van der Waals surface area contributed by atoms with Gasteiger partial charge in [-0.05, 0) is 50.6 Å². The molecule has 6 nitrogen and oxygen atoms in total. The number of pyridine rings is 1. The van der Waals surface area contributed by atoms with Crippen molar-refractivity contribution in [2.75, 3.05) is 20.2 Å². The zero-order chi connectivity index (χ0) is 20.3. The van der Waals surface area contributed by atoms with Gasteiger partial charge in [0.2, 0.25) is 0 Å². The number of hydrogen-bond donors (Lipinski definition) is 0. The van der Waals surface area contributed by atoms with Crippen LogP contribution in [0.5, 0.6) is 5.75 Å². The zero-order valence-corrected chi connectivity index (χ0v) is 17.2. The van der Waals surface area contributed by atoms with Crippen molar-refractivity contribution < 1.29 is 9.53 Å². The van der Waals surface area contributed by atoms with Gasteiger partial charge in [-0.1, -0.05) is 29.8 Å². The number of halogens is 1. The quantitative estimate of drug-likeness (QED) is 0.629. The number of nitrogens with zero attached hydrogens (tertiary/aromatic N) is 4. The molecular weight excluding hydrogens is 376 g/mol. The number of rotatable bonds is 6. The summed E-state index contributed by atoms with van der Waals surface area (Å²) in [6, 6.07) is 13.1. The zero-order valence-electron chi connectivity index (χ0n) is 16.4.